The molecule has 0 saturated heterocycles. The topological polar surface area (TPSA) is 64.3 Å². The Hall–Kier alpha value is -0.770. The fourth-order valence-electron chi connectivity index (χ4n) is 1.65. The summed E-state index contributed by atoms with van der Waals surface area (Å²) in [6.07, 6.45) is 0.471. The monoisotopic (exact) mass is 214 g/mol. The maximum absolute atomic E-state index is 11.5. The summed E-state index contributed by atoms with van der Waals surface area (Å²) < 4.78 is 5.18. The molecule has 1 saturated carbocycles. The quantitative estimate of drug-likeness (QED) is 0.697. The number of rotatable bonds is 1. The lowest BCUT2D eigenvalue weighted by molar-refractivity contribution is 0.0256. The van der Waals surface area contributed by atoms with Gasteiger partial charge in [-0.1, -0.05) is 13.8 Å². The second-order valence-electron chi connectivity index (χ2n) is 5.86. The lowest BCUT2D eigenvalue weighted by Gasteiger charge is -2.50. The van der Waals surface area contributed by atoms with Gasteiger partial charge in [0.15, 0.2) is 0 Å². The summed E-state index contributed by atoms with van der Waals surface area (Å²) in [5.41, 5.74) is 5.38. The van der Waals surface area contributed by atoms with Gasteiger partial charge in [-0.2, -0.15) is 0 Å². The lowest BCUT2D eigenvalue weighted by Crippen LogP contribution is -2.64. The summed E-state index contributed by atoms with van der Waals surface area (Å²) in [5, 5.41) is 2.85. The summed E-state index contributed by atoms with van der Waals surface area (Å²) in [7, 11) is 0. The molecule has 0 bridgehead atoms. The van der Waals surface area contributed by atoms with Gasteiger partial charge in [0.2, 0.25) is 0 Å². The Morgan fingerprint density at radius 1 is 1.47 bits per heavy atom. The van der Waals surface area contributed by atoms with E-state index in [9.17, 15) is 4.79 Å². The minimum absolute atomic E-state index is 0.0308. The van der Waals surface area contributed by atoms with Crippen molar-refractivity contribution in [3.63, 3.8) is 0 Å². The number of nitrogens with two attached hydrogens (primary N) is 1. The molecule has 0 aromatic rings. The van der Waals surface area contributed by atoms with E-state index in [0.717, 1.165) is 6.42 Å². The summed E-state index contributed by atoms with van der Waals surface area (Å²) in [6, 6.07) is 0.291. The second-order valence-corrected chi connectivity index (χ2v) is 5.86. The zero-order valence-electron chi connectivity index (χ0n) is 10.3. The van der Waals surface area contributed by atoms with Crippen molar-refractivity contribution in [2.24, 2.45) is 11.1 Å². The Bertz CT molecular complexity index is 256. The van der Waals surface area contributed by atoms with Crippen LogP contribution in [0.4, 0.5) is 4.79 Å². The third-order valence-corrected chi connectivity index (χ3v) is 3.03. The molecule has 1 rings (SSSR count). The van der Waals surface area contributed by atoms with E-state index >= 15 is 0 Å². The number of carbonyl (C=O) groups excluding carboxylic acids is 1. The van der Waals surface area contributed by atoms with Crippen LogP contribution in [0.2, 0.25) is 0 Å². The van der Waals surface area contributed by atoms with Gasteiger partial charge >= 0.3 is 6.09 Å². The Kier molecular flexibility index (Phi) is 3.01. The molecule has 1 aliphatic rings. The Morgan fingerprint density at radius 3 is 2.33 bits per heavy atom. The van der Waals surface area contributed by atoms with Crippen molar-refractivity contribution in [1.29, 1.82) is 0 Å². The molecule has 3 N–H and O–H groups in total. The molecule has 0 aromatic heterocycles. The summed E-state index contributed by atoms with van der Waals surface area (Å²) in [4.78, 5) is 11.5. The molecule has 88 valence electrons. The van der Waals surface area contributed by atoms with Crippen molar-refractivity contribution >= 4 is 6.09 Å². The molecule has 0 unspecified atom stereocenters. The Balaban J connectivity index is 2.41. The molecule has 1 fully saturated rings. The molecule has 0 aliphatic heterocycles. The predicted molar refractivity (Wildman–Crippen MR) is 59.5 cm³/mol. The molecule has 1 aliphatic carbocycles. The molecule has 1 amide bonds. The van der Waals surface area contributed by atoms with Crippen LogP contribution in [-0.2, 0) is 4.74 Å². The zero-order valence-corrected chi connectivity index (χ0v) is 10.3. The normalized spacial score (nSPS) is 29.2. The van der Waals surface area contributed by atoms with E-state index in [1.807, 2.05) is 20.8 Å². The molecular weight excluding hydrogens is 192 g/mol. The van der Waals surface area contributed by atoms with Crippen LogP contribution in [0, 0.1) is 5.41 Å². The second kappa shape index (κ2) is 3.67. The van der Waals surface area contributed by atoms with Gasteiger partial charge in [-0.25, -0.2) is 4.79 Å². The minimum atomic E-state index is -0.444. The van der Waals surface area contributed by atoms with E-state index < -0.39 is 5.60 Å². The SMILES string of the molecule is CC(C)(C)OC(=O)N[C@@H]1C[C@@H](N)C1(C)C. The largest absolute Gasteiger partial charge is 0.444 e. The van der Waals surface area contributed by atoms with Crippen LogP contribution in [0.5, 0.6) is 0 Å². The molecule has 0 heterocycles. The van der Waals surface area contributed by atoms with Crippen molar-refractivity contribution in [1.82, 2.24) is 5.32 Å². The predicted octanol–water partition coefficient (Wildman–Crippen LogP) is 1.64. The summed E-state index contributed by atoms with van der Waals surface area (Å²) >= 11 is 0. The van der Waals surface area contributed by atoms with Gasteiger partial charge in [0, 0.05) is 17.5 Å². The number of hydrogen-bond donors (Lipinski definition) is 2. The van der Waals surface area contributed by atoms with Crippen LogP contribution >= 0.6 is 0 Å². The minimum Gasteiger partial charge on any atom is -0.444 e. The first-order valence-electron chi connectivity index (χ1n) is 5.38. The summed E-state index contributed by atoms with van der Waals surface area (Å²) in [6.45, 7) is 9.67. The highest BCUT2D eigenvalue weighted by atomic mass is 16.6. The van der Waals surface area contributed by atoms with E-state index in [1.165, 1.54) is 0 Å². The zero-order chi connectivity index (χ0) is 11.9. The number of carbonyl (C=O) groups is 1. The average molecular weight is 214 g/mol. The van der Waals surface area contributed by atoms with Crippen molar-refractivity contribution in [3.8, 4) is 0 Å². The van der Waals surface area contributed by atoms with E-state index in [0.29, 0.717) is 0 Å². The van der Waals surface area contributed by atoms with Crippen molar-refractivity contribution in [3.05, 3.63) is 0 Å². The highest BCUT2D eigenvalue weighted by Gasteiger charge is 2.47. The molecule has 0 aromatic carbocycles. The molecule has 0 spiro atoms. The molecule has 0 radical (unpaired) electrons. The average Bonchev–Trinajstić information content (AvgIpc) is 2.00. The first-order chi connectivity index (χ1) is 6.63. The third-order valence-electron chi connectivity index (χ3n) is 3.03. The first-order valence-corrected chi connectivity index (χ1v) is 5.38. The standard InChI is InChI=1S/C11H22N2O2/c1-10(2,3)15-9(14)13-8-6-7(12)11(8,4)5/h7-8H,6,12H2,1-5H3,(H,13,14)/t7-,8-/m1/s1. The van der Waals surface area contributed by atoms with E-state index in [-0.39, 0.29) is 23.6 Å². The van der Waals surface area contributed by atoms with Gasteiger partial charge in [0.05, 0.1) is 0 Å². The van der Waals surface area contributed by atoms with Gasteiger partial charge in [-0.05, 0) is 27.2 Å². The van der Waals surface area contributed by atoms with Crippen molar-refractivity contribution < 1.29 is 9.53 Å². The van der Waals surface area contributed by atoms with Crippen molar-refractivity contribution in [2.75, 3.05) is 0 Å². The fraction of sp³-hybridized carbons (Fsp3) is 0.909. The number of hydrogen-bond acceptors (Lipinski definition) is 3. The highest BCUT2D eigenvalue weighted by Crippen LogP contribution is 2.39. The van der Waals surface area contributed by atoms with E-state index in [4.69, 9.17) is 10.5 Å². The number of ether oxygens (including phenoxy) is 1. The number of nitrogens with one attached hydrogen (secondary N) is 1. The molecule has 2 atom stereocenters. The van der Waals surface area contributed by atoms with Crippen LogP contribution in [0.25, 0.3) is 0 Å². The van der Waals surface area contributed by atoms with Crippen molar-refractivity contribution in [2.45, 2.75) is 58.7 Å². The van der Waals surface area contributed by atoms with Crippen LogP contribution < -0.4 is 11.1 Å². The highest BCUT2D eigenvalue weighted by molar-refractivity contribution is 5.68. The number of amides is 1. The van der Waals surface area contributed by atoms with Crippen LogP contribution in [0.1, 0.15) is 41.0 Å². The third kappa shape index (κ3) is 2.84. The first kappa shape index (κ1) is 12.3. The number of alkyl carbamates (subject to hydrolysis) is 1. The van der Waals surface area contributed by atoms with Gasteiger partial charge in [-0.3, -0.25) is 0 Å². The maximum Gasteiger partial charge on any atom is 0.407 e. The van der Waals surface area contributed by atoms with Gasteiger partial charge in [0.1, 0.15) is 5.60 Å². The maximum atomic E-state index is 11.5. The lowest BCUT2D eigenvalue weighted by atomic mass is 9.63. The molecule has 4 nitrogen and oxygen atoms in total. The summed E-state index contributed by atoms with van der Waals surface area (Å²) in [5.74, 6) is 0. The Morgan fingerprint density at radius 2 is 2.00 bits per heavy atom. The van der Waals surface area contributed by atoms with E-state index in [2.05, 4.69) is 19.2 Å². The van der Waals surface area contributed by atoms with Gasteiger partial charge in [-0.15, -0.1) is 0 Å². The molecule has 4 heteroatoms. The smallest absolute Gasteiger partial charge is 0.407 e. The molecular formula is C11H22N2O2. The molecule has 15 heavy (non-hydrogen) atoms. The van der Waals surface area contributed by atoms with Crippen LogP contribution in [0.15, 0.2) is 0 Å². The van der Waals surface area contributed by atoms with Gasteiger partial charge < -0.3 is 15.8 Å². The van der Waals surface area contributed by atoms with Gasteiger partial charge in [0.25, 0.3) is 0 Å². The fourth-order valence-corrected chi connectivity index (χ4v) is 1.65. The van der Waals surface area contributed by atoms with E-state index in [1.54, 1.807) is 0 Å². The Labute approximate surface area is 91.5 Å². The van der Waals surface area contributed by atoms with Crippen LogP contribution in [0.3, 0.4) is 0 Å². The van der Waals surface area contributed by atoms with Crippen LogP contribution in [-0.4, -0.2) is 23.8 Å².